The van der Waals surface area contributed by atoms with Crippen molar-refractivity contribution in [3.05, 3.63) is 6.33 Å². The summed E-state index contributed by atoms with van der Waals surface area (Å²) >= 11 is 0. The Morgan fingerprint density at radius 1 is 0.621 bits per heavy atom. The Bertz CT molecular complexity index is 698. The molecule has 4 N–H and O–H groups in total. The molecule has 8 saturated carbocycles. The Hall–Kier alpha value is -1.52. The van der Waals surface area contributed by atoms with E-state index in [9.17, 15) is 0 Å². The number of nitrogens with one attached hydrogen (secondary N) is 2. The number of anilines is 3. The maximum Gasteiger partial charge on any atom is 0.155 e. The molecule has 29 heavy (non-hydrogen) atoms. The van der Waals surface area contributed by atoms with Gasteiger partial charge in [-0.15, -0.1) is 0 Å². The highest BCUT2D eigenvalue weighted by molar-refractivity contribution is 5.75. The minimum Gasteiger partial charge on any atom is -0.393 e. The molecular formula is C24H35N5. The molecule has 0 aromatic carbocycles. The first-order valence-corrected chi connectivity index (χ1v) is 12.2. The molecule has 5 nitrogen and oxygen atoms in total. The van der Waals surface area contributed by atoms with Crippen molar-refractivity contribution in [2.24, 2.45) is 35.5 Å². The lowest BCUT2D eigenvalue weighted by atomic mass is 9.53. The van der Waals surface area contributed by atoms with E-state index in [0.29, 0.717) is 0 Å². The third-order valence-corrected chi connectivity index (χ3v) is 9.73. The number of hydrogen-bond acceptors (Lipinski definition) is 5. The van der Waals surface area contributed by atoms with Crippen molar-refractivity contribution in [2.45, 2.75) is 88.1 Å². The van der Waals surface area contributed by atoms with Crippen molar-refractivity contribution in [3.8, 4) is 0 Å². The summed E-state index contributed by atoms with van der Waals surface area (Å²) in [6.45, 7) is 0. The van der Waals surface area contributed by atoms with E-state index in [4.69, 9.17) is 5.73 Å². The monoisotopic (exact) mass is 393 g/mol. The van der Waals surface area contributed by atoms with Crippen LogP contribution in [-0.2, 0) is 0 Å². The first-order valence-electron chi connectivity index (χ1n) is 12.2. The minimum atomic E-state index is 0.231. The fraction of sp³-hybridized carbons (Fsp3) is 0.833. The highest BCUT2D eigenvalue weighted by Crippen LogP contribution is 2.58. The molecule has 0 atom stereocenters. The summed E-state index contributed by atoms with van der Waals surface area (Å²) in [4.78, 5) is 9.24. The first kappa shape index (κ1) is 17.2. The van der Waals surface area contributed by atoms with E-state index in [1.54, 1.807) is 6.33 Å². The van der Waals surface area contributed by atoms with Crippen molar-refractivity contribution >= 4 is 17.3 Å². The largest absolute Gasteiger partial charge is 0.393 e. The predicted octanol–water partition coefficient (Wildman–Crippen LogP) is 4.82. The van der Waals surface area contributed by atoms with Crippen molar-refractivity contribution in [1.29, 1.82) is 0 Å². The number of hydrogen-bond donors (Lipinski definition) is 3. The fourth-order valence-electron chi connectivity index (χ4n) is 9.62. The van der Waals surface area contributed by atoms with Gasteiger partial charge in [0.15, 0.2) is 11.6 Å². The van der Waals surface area contributed by atoms with Crippen LogP contribution >= 0.6 is 0 Å². The van der Waals surface area contributed by atoms with Gasteiger partial charge in [-0.3, -0.25) is 0 Å². The number of rotatable bonds is 4. The van der Waals surface area contributed by atoms with E-state index in [1.165, 1.54) is 77.0 Å². The van der Waals surface area contributed by atoms with Crippen LogP contribution in [0, 0.1) is 35.5 Å². The van der Waals surface area contributed by atoms with Gasteiger partial charge in [-0.05, 0) is 113 Å². The summed E-state index contributed by atoms with van der Waals surface area (Å²) in [5, 5.41) is 7.77. The Morgan fingerprint density at radius 2 is 0.931 bits per heavy atom. The zero-order valence-corrected chi connectivity index (χ0v) is 17.5. The van der Waals surface area contributed by atoms with Crippen molar-refractivity contribution in [2.75, 3.05) is 16.4 Å². The van der Waals surface area contributed by atoms with Crippen LogP contribution in [0.15, 0.2) is 6.33 Å². The molecule has 8 aliphatic carbocycles. The second kappa shape index (κ2) is 5.79. The van der Waals surface area contributed by atoms with Gasteiger partial charge in [0.1, 0.15) is 12.0 Å². The first-order chi connectivity index (χ1) is 14.1. The van der Waals surface area contributed by atoms with E-state index in [1.807, 2.05) is 0 Å². The maximum atomic E-state index is 6.69. The average molecular weight is 394 g/mol. The zero-order chi connectivity index (χ0) is 19.2. The summed E-state index contributed by atoms with van der Waals surface area (Å²) in [5.41, 5.74) is 7.90. The van der Waals surface area contributed by atoms with E-state index in [0.717, 1.165) is 52.8 Å². The number of aromatic nitrogens is 2. The molecule has 8 fully saturated rings. The molecule has 0 spiro atoms. The van der Waals surface area contributed by atoms with Gasteiger partial charge in [-0.25, -0.2) is 9.97 Å². The third-order valence-electron chi connectivity index (χ3n) is 9.73. The molecule has 5 heteroatoms. The Kier molecular flexibility index (Phi) is 3.43. The van der Waals surface area contributed by atoms with E-state index < -0.39 is 0 Å². The summed E-state index contributed by atoms with van der Waals surface area (Å²) in [5.74, 6) is 7.27. The van der Waals surface area contributed by atoms with Gasteiger partial charge >= 0.3 is 0 Å². The van der Waals surface area contributed by atoms with Gasteiger partial charge in [-0.1, -0.05) is 0 Å². The molecule has 0 aliphatic heterocycles. The highest BCUT2D eigenvalue weighted by Gasteiger charge is 2.52. The van der Waals surface area contributed by atoms with Crippen molar-refractivity contribution in [1.82, 2.24) is 9.97 Å². The van der Waals surface area contributed by atoms with Crippen molar-refractivity contribution < 1.29 is 0 Å². The summed E-state index contributed by atoms with van der Waals surface area (Å²) in [6, 6.07) is 0. The predicted molar refractivity (Wildman–Crippen MR) is 115 cm³/mol. The molecule has 0 radical (unpaired) electrons. The molecule has 0 saturated heterocycles. The lowest BCUT2D eigenvalue weighted by Gasteiger charge is -2.57. The highest BCUT2D eigenvalue weighted by atomic mass is 15.2. The molecule has 0 amide bonds. The van der Waals surface area contributed by atoms with Crippen LogP contribution < -0.4 is 16.4 Å². The molecule has 1 heterocycles. The number of nitrogen functional groups attached to an aromatic ring is 1. The summed E-state index contributed by atoms with van der Waals surface area (Å²) in [7, 11) is 0. The Morgan fingerprint density at radius 3 is 1.24 bits per heavy atom. The van der Waals surface area contributed by atoms with E-state index in [-0.39, 0.29) is 11.1 Å². The van der Waals surface area contributed by atoms with Gasteiger partial charge in [-0.2, -0.15) is 0 Å². The van der Waals surface area contributed by atoms with Crippen LogP contribution in [0.5, 0.6) is 0 Å². The lowest BCUT2D eigenvalue weighted by Crippen LogP contribution is -2.55. The van der Waals surface area contributed by atoms with Crippen LogP contribution in [0.25, 0.3) is 0 Å². The van der Waals surface area contributed by atoms with Crippen LogP contribution in [-0.4, -0.2) is 21.0 Å². The molecule has 8 bridgehead atoms. The minimum absolute atomic E-state index is 0.231. The molecule has 8 aliphatic rings. The molecule has 9 rings (SSSR count). The SMILES string of the molecule is Nc1c(NC23CC4CC(CC(C4)C2)C3)ncnc1NC12CC3CC(CC(C3)C1)C2. The van der Waals surface area contributed by atoms with Gasteiger partial charge in [0, 0.05) is 11.1 Å². The number of nitrogens with two attached hydrogens (primary N) is 1. The van der Waals surface area contributed by atoms with Crippen molar-refractivity contribution in [3.63, 3.8) is 0 Å². The summed E-state index contributed by atoms with van der Waals surface area (Å²) in [6.07, 6.45) is 18.3. The molecule has 1 aromatic heterocycles. The van der Waals surface area contributed by atoms with Gasteiger partial charge in [0.05, 0.1) is 0 Å². The topological polar surface area (TPSA) is 75.9 Å². The van der Waals surface area contributed by atoms with E-state index in [2.05, 4.69) is 20.6 Å². The van der Waals surface area contributed by atoms with Gasteiger partial charge < -0.3 is 16.4 Å². The number of nitrogens with zero attached hydrogens (tertiary/aromatic N) is 2. The molecular weight excluding hydrogens is 358 g/mol. The molecule has 156 valence electrons. The molecule has 0 unspecified atom stereocenters. The van der Waals surface area contributed by atoms with Crippen LogP contribution in [0.3, 0.4) is 0 Å². The second-order valence-electron chi connectivity index (χ2n) is 12.1. The zero-order valence-electron chi connectivity index (χ0n) is 17.5. The normalized spacial score (nSPS) is 48.8. The smallest absolute Gasteiger partial charge is 0.155 e. The van der Waals surface area contributed by atoms with Gasteiger partial charge in [0.25, 0.3) is 0 Å². The Balaban J connectivity index is 1.15. The quantitative estimate of drug-likeness (QED) is 0.684. The molecule has 1 aromatic rings. The average Bonchev–Trinajstić information content (AvgIpc) is 2.62. The van der Waals surface area contributed by atoms with Crippen LogP contribution in [0.2, 0.25) is 0 Å². The van der Waals surface area contributed by atoms with Gasteiger partial charge in [0.2, 0.25) is 0 Å². The van der Waals surface area contributed by atoms with Crippen LogP contribution in [0.4, 0.5) is 17.3 Å². The summed E-state index contributed by atoms with van der Waals surface area (Å²) < 4.78 is 0. The van der Waals surface area contributed by atoms with Crippen LogP contribution in [0.1, 0.15) is 77.0 Å². The standard InChI is InChI=1S/C24H35N5/c25-20-21(28-23-7-14-1-15(8-23)3-16(2-14)9-23)26-13-27-22(20)29-24-10-17-4-18(11-24)6-19(5-17)12-24/h13-19H,1-12,25H2,(H2,26,27,28,29). The van der Waals surface area contributed by atoms with E-state index >= 15 is 0 Å². The fourth-order valence-corrected chi connectivity index (χ4v) is 9.62. The third kappa shape index (κ3) is 2.71. The second-order valence-corrected chi connectivity index (χ2v) is 12.1. The lowest BCUT2D eigenvalue weighted by molar-refractivity contribution is 0.0104. The Labute approximate surface area is 174 Å². The maximum absolute atomic E-state index is 6.69.